The van der Waals surface area contributed by atoms with Crippen molar-refractivity contribution >= 4 is 17.5 Å². The van der Waals surface area contributed by atoms with Gasteiger partial charge in [-0.2, -0.15) is 5.10 Å². The number of hydrogen-bond donors (Lipinski definition) is 2. The summed E-state index contributed by atoms with van der Waals surface area (Å²) in [5, 5.41) is 18.3. The Balaban J connectivity index is 1.64. The Kier molecular flexibility index (Phi) is 6.99. The molecule has 0 spiro atoms. The van der Waals surface area contributed by atoms with Crippen LogP contribution in [0.25, 0.3) is 11.3 Å². The lowest BCUT2D eigenvalue weighted by atomic mass is 9.95. The first-order chi connectivity index (χ1) is 18.3. The van der Waals surface area contributed by atoms with Crippen LogP contribution in [0.1, 0.15) is 47.1 Å². The van der Waals surface area contributed by atoms with E-state index in [1.54, 1.807) is 36.3 Å². The molecule has 1 amide bonds. The van der Waals surface area contributed by atoms with E-state index in [0.29, 0.717) is 51.6 Å². The van der Waals surface area contributed by atoms with Gasteiger partial charge in [-0.3, -0.25) is 9.89 Å². The smallest absolute Gasteiger partial charge is 0.273 e. The molecule has 2 N–H and O–H groups in total. The molecule has 0 aliphatic carbocycles. The van der Waals surface area contributed by atoms with Crippen LogP contribution in [0.5, 0.6) is 17.2 Å². The van der Waals surface area contributed by atoms with E-state index in [-0.39, 0.29) is 24.0 Å². The molecule has 3 aromatic carbocycles. The van der Waals surface area contributed by atoms with Crippen LogP contribution in [-0.4, -0.2) is 39.8 Å². The summed E-state index contributed by atoms with van der Waals surface area (Å²) in [6, 6.07) is 15.7. The number of amides is 1. The van der Waals surface area contributed by atoms with Gasteiger partial charge in [-0.15, -0.1) is 0 Å². The summed E-state index contributed by atoms with van der Waals surface area (Å²) in [6.07, 6.45) is 0. The first kappa shape index (κ1) is 25.6. The first-order valence-electron chi connectivity index (χ1n) is 12.2. The van der Waals surface area contributed by atoms with Crippen LogP contribution in [0.4, 0.5) is 4.39 Å². The molecular formula is C29H27ClFN3O4. The zero-order valence-corrected chi connectivity index (χ0v) is 21.9. The monoisotopic (exact) mass is 535 g/mol. The number of ether oxygens (including phenoxy) is 2. The Hall–Kier alpha value is -4.04. The topological polar surface area (TPSA) is 87.7 Å². The molecule has 196 valence electrons. The summed E-state index contributed by atoms with van der Waals surface area (Å²) >= 11 is 6.24. The van der Waals surface area contributed by atoms with Gasteiger partial charge < -0.3 is 19.5 Å². The van der Waals surface area contributed by atoms with E-state index in [4.69, 9.17) is 21.1 Å². The standard InChI is InChI=1S/C29H27ClFN3O4/c1-16(2)15-38-23-11-6-18(12-24(23)37-3)28-25-26(21-13-19(30)7-10-22(21)35)32-33-27(25)29(36)34(28)14-17-4-8-20(31)9-5-17/h4-13,16,28,35H,14-15H2,1-3H3,(H,32,33). The Morgan fingerprint density at radius 2 is 1.87 bits per heavy atom. The predicted octanol–water partition coefficient (Wildman–Crippen LogP) is 6.36. The number of benzene rings is 3. The molecule has 1 aliphatic rings. The maximum atomic E-state index is 13.7. The summed E-state index contributed by atoms with van der Waals surface area (Å²) in [5.41, 5.74) is 3.26. The van der Waals surface area contributed by atoms with Gasteiger partial charge in [0, 0.05) is 22.7 Å². The third-order valence-electron chi connectivity index (χ3n) is 6.42. The van der Waals surface area contributed by atoms with Gasteiger partial charge in [-0.05, 0) is 59.5 Å². The fraction of sp³-hybridized carbons (Fsp3) is 0.241. The summed E-state index contributed by atoms with van der Waals surface area (Å²) < 4.78 is 25.1. The number of halogens is 2. The summed E-state index contributed by atoms with van der Waals surface area (Å²) in [7, 11) is 1.57. The van der Waals surface area contributed by atoms with E-state index >= 15 is 0 Å². The lowest BCUT2D eigenvalue weighted by molar-refractivity contribution is 0.0730. The quantitative estimate of drug-likeness (QED) is 0.274. The maximum absolute atomic E-state index is 13.7. The molecule has 0 saturated carbocycles. The van der Waals surface area contributed by atoms with Gasteiger partial charge in [0.2, 0.25) is 0 Å². The van der Waals surface area contributed by atoms with Crippen molar-refractivity contribution in [1.29, 1.82) is 0 Å². The third-order valence-corrected chi connectivity index (χ3v) is 6.65. The second-order valence-electron chi connectivity index (χ2n) is 9.60. The van der Waals surface area contributed by atoms with Crippen molar-refractivity contribution < 1.29 is 23.8 Å². The number of hydrogen-bond acceptors (Lipinski definition) is 5. The van der Waals surface area contributed by atoms with Crippen molar-refractivity contribution in [1.82, 2.24) is 15.1 Å². The van der Waals surface area contributed by atoms with Gasteiger partial charge in [0.15, 0.2) is 11.5 Å². The third kappa shape index (κ3) is 4.79. The molecule has 1 unspecified atom stereocenters. The van der Waals surface area contributed by atoms with Crippen molar-refractivity contribution in [3.05, 3.63) is 93.9 Å². The molecule has 0 saturated heterocycles. The minimum absolute atomic E-state index is 0.0121. The van der Waals surface area contributed by atoms with Crippen LogP contribution in [-0.2, 0) is 6.54 Å². The number of carbonyl (C=O) groups is 1. The zero-order valence-electron chi connectivity index (χ0n) is 21.2. The minimum atomic E-state index is -0.581. The Morgan fingerprint density at radius 3 is 2.58 bits per heavy atom. The summed E-state index contributed by atoms with van der Waals surface area (Å²) in [5.74, 6) is 0.823. The van der Waals surface area contributed by atoms with Crippen LogP contribution in [0.15, 0.2) is 60.7 Å². The molecule has 5 rings (SSSR count). The molecule has 38 heavy (non-hydrogen) atoms. The zero-order chi connectivity index (χ0) is 27.0. The average Bonchev–Trinajstić information content (AvgIpc) is 3.44. The van der Waals surface area contributed by atoms with Gasteiger partial charge in [-0.1, -0.05) is 43.6 Å². The SMILES string of the molecule is COc1cc(C2c3c(-c4cc(Cl)ccc4O)n[nH]c3C(=O)N2Cc2ccc(F)cc2)ccc1OCC(C)C. The molecule has 2 heterocycles. The van der Waals surface area contributed by atoms with Crippen molar-refractivity contribution in [2.75, 3.05) is 13.7 Å². The number of phenolic OH excluding ortho intramolecular Hbond substituents is 1. The molecule has 1 aliphatic heterocycles. The fourth-order valence-electron chi connectivity index (χ4n) is 4.63. The number of nitrogens with one attached hydrogen (secondary N) is 1. The maximum Gasteiger partial charge on any atom is 0.273 e. The van der Waals surface area contributed by atoms with E-state index in [2.05, 4.69) is 24.0 Å². The van der Waals surface area contributed by atoms with Gasteiger partial charge in [0.1, 0.15) is 23.0 Å². The van der Waals surface area contributed by atoms with Gasteiger partial charge >= 0.3 is 0 Å². The highest BCUT2D eigenvalue weighted by Crippen LogP contribution is 2.46. The number of nitrogens with zero attached hydrogens (tertiary/aromatic N) is 2. The number of aromatic hydroxyl groups is 1. The van der Waals surface area contributed by atoms with Crippen LogP contribution < -0.4 is 9.47 Å². The summed E-state index contributed by atoms with van der Waals surface area (Å²) in [4.78, 5) is 15.4. The van der Waals surface area contributed by atoms with Crippen LogP contribution in [0.2, 0.25) is 5.02 Å². The Morgan fingerprint density at radius 1 is 1.11 bits per heavy atom. The fourth-order valence-corrected chi connectivity index (χ4v) is 4.80. The number of aromatic nitrogens is 2. The Bertz CT molecular complexity index is 1490. The van der Waals surface area contributed by atoms with Crippen molar-refractivity contribution in [3.8, 4) is 28.5 Å². The molecule has 1 aromatic heterocycles. The van der Waals surface area contributed by atoms with Crippen LogP contribution in [0.3, 0.4) is 0 Å². The van der Waals surface area contributed by atoms with Gasteiger partial charge in [-0.25, -0.2) is 4.39 Å². The molecule has 0 fully saturated rings. The number of methoxy groups -OCH3 is 1. The Labute approximate surface area is 224 Å². The number of rotatable bonds is 8. The number of H-pyrrole nitrogens is 1. The summed E-state index contributed by atoms with van der Waals surface area (Å²) in [6.45, 7) is 4.87. The number of phenols is 1. The van der Waals surface area contributed by atoms with E-state index in [1.165, 1.54) is 18.2 Å². The highest BCUT2D eigenvalue weighted by molar-refractivity contribution is 6.31. The van der Waals surface area contributed by atoms with E-state index in [0.717, 1.165) is 11.1 Å². The van der Waals surface area contributed by atoms with Crippen molar-refractivity contribution in [3.63, 3.8) is 0 Å². The molecule has 7 nitrogen and oxygen atoms in total. The number of aromatic amines is 1. The van der Waals surface area contributed by atoms with Crippen molar-refractivity contribution in [2.24, 2.45) is 5.92 Å². The second kappa shape index (κ2) is 10.4. The minimum Gasteiger partial charge on any atom is -0.507 e. The average molecular weight is 536 g/mol. The molecule has 0 radical (unpaired) electrons. The van der Waals surface area contributed by atoms with E-state index in [1.807, 2.05) is 18.2 Å². The van der Waals surface area contributed by atoms with Gasteiger partial charge in [0.05, 0.1) is 19.8 Å². The van der Waals surface area contributed by atoms with Crippen LogP contribution in [0, 0.1) is 11.7 Å². The normalized spacial score (nSPS) is 14.7. The highest BCUT2D eigenvalue weighted by Gasteiger charge is 2.43. The van der Waals surface area contributed by atoms with E-state index < -0.39 is 6.04 Å². The van der Waals surface area contributed by atoms with Crippen LogP contribution >= 0.6 is 11.6 Å². The molecular weight excluding hydrogens is 509 g/mol. The largest absolute Gasteiger partial charge is 0.507 e. The van der Waals surface area contributed by atoms with E-state index in [9.17, 15) is 14.3 Å². The van der Waals surface area contributed by atoms with Gasteiger partial charge in [0.25, 0.3) is 5.91 Å². The molecule has 1 atom stereocenters. The predicted molar refractivity (Wildman–Crippen MR) is 142 cm³/mol. The highest BCUT2D eigenvalue weighted by atomic mass is 35.5. The number of fused-ring (bicyclic) bond motifs is 1. The van der Waals surface area contributed by atoms with Crippen molar-refractivity contribution in [2.45, 2.75) is 26.4 Å². The lowest BCUT2D eigenvalue weighted by Gasteiger charge is -2.27. The second-order valence-corrected chi connectivity index (χ2v) is 10.0. The first-order valence-corrected chi connectivity index (χ1v) is 12.6. The lowest BCUT2D eigenvalue weighted by Crippen LogP contribution is -2.29. The molecule has 0 bridgehead atoms. The number of carbonyl (C=O) groups excluding carboxylic acids is 1. The molecule has 9 heteroatoms. The molecule has 4 aromatic rings.